The lowest BCUT2D eigenvalue weighted by molar-refractivity contribution is 0.0194. The molecule has 1 N–H and O–H groups in total. The summed E-state index contributed by atoms with van der Waals surface area (Å²) in [6.07, 6.45) is -0.388. The Balaban J connectivity index is 2.16. The molecule has 0 aliphatic carbocycles. The van der Waals surface area contributed by atoms with Crippen LogP contribution in [0.25, 0.3) is 0 Å². The van der Waals surface area contributed by atoms with Crippen molar-refractivity contribution in [3.63, 3.8) is 0 Å². The van der Waals surface area contributed by atoms with E-state index in [0.717, 1.165) is 0 Å². The Morgan fingerprint density at radius 3 is 2.82 bits per heavy atom. The van der Waals surface area contributed by atoms with Crippen LogP contribution in [0.15, 0.2) is 16.6 Å². The highest BCUT2D eigenvalue weighted by Crippen LogP contribution is 2.30. The monoisotopic (exact) mass is 392 g/mol. The lowest BCUT2D eigenvalue weighted by atomic mass is 10.0. The van der Waals surface area contributed by atoms with Crippen LogP contribution in [0.1, 0.15) is 32.4 Å². The van der Waals surface area contributed by atoms with Crippen molar-refractivity contribution in [2.45, 2.75) is 32.4 Å². The van der Waals surface area contributed by atoms with Gasteiger partial charge in [-0.25, -0.2) is 9.18 Å². The standard InChI is InChI=1S/C15H19BrClFN2O2/c1-15(2,3)22-14(21)20-5-4-19-12(8-20)10-6-9(17)7-11(16)13(10)18/h6-7,12,19H,4-5,8H2,1-3H3. The van der Waals surface area contributed by atoms with E-state index in [-0.39, 0.29) is 18.0 Å². The average molecular weight is 394 g/mol. The van der Waals surface area contributed by atoms with E-state index in [9.17, 15) is 9.18 Å². The first-order chi connectivity index (χ1) is 10.2. The molecule has 0 saturated carbocycles. The summed E-state index contributed by atoms with van der Waals surface area (Å²) in [6, 6.07) is 2.77. The molecule has 7 heteroatoms. The molecule has 1 amide bonds. The molecule has 1 unspecified atom stereocenters. The van der Waals surface area contributed by atoms with Crippen LogP contribution >= 0.6 is 27.5 Å². The Hall–Kier alpha value is -0.850. The van der Waals surface area contributed by atoms with Gasteiger partial charge in [0.1, 0.15) is 11.4 Å². The van der Waals surface area contributed by atoms with Crippen molar-refractivity contribution in [1.29, 1.82) is 0 Å². The number of nitrogens with zero attached hydrogens (tertiary/aromatic N) is 1. The summed E-state index contributed by atoms with van der Waals surface area (Å²) in [6.45, 7) is 6.87. The maximum absolute atomic E-state index is 14.3. The first-order valence-corrected chi connectivity index (χ1v) is 8.20. The van der Waals surface area contributed by atoms with Gasteiger partial charge in [-0.05, 0) is 48.8 Å². The highest BCUT2D eigenvalue weighted by atomic mass is 79.9. The van der Waals surface area contributed by atoms with E-state index in [1.165, 1.54) is 6.07 Å². The minimum Gasteiger partial charge on any atom is -0.444 e. The van der Waals surface area contributed by atoms with Crippen molar-refractivity contribution in [2.75, 3.05) is 19.6 Å². The van der Waals surface area contributed by atoms with Crippen LogP contribution < -0.4 is 5.32 Å². The predicted octanol–water partition coefficient (Wildman–Crippen LogP) is 4.12. The number of carbonyl (C=O) groups excluding carboxylic acids is 1. The fourth-order valence-electron chi connectivity index (χ4n) is 2.28. The number of nitrogens with one attached hydrogen (secondary N) is 1. The minimum atomic E-state index is -0.554. The number of halogens is 3. The molecule has 0 radical (unpaired) electrons. The molecule has 1 atom stereocenters. The summed E-state index contributed by atoms with van der Waals surface area (Å²) in [7, 11) is 0. The Morgan fingerprint density at radius 2 is 2.18 bits per heavy atom. The van der Waals surface area contributed by atoms with Gasteiger partial charge < -0.3 is 15.0 Å². The van der Waals surface area contributed by atoms with E-state index in [2.05, 4.69) is 21.2 Å². The van der Waals surface area contributed by atoms with E-state index in [0.29, 0.717) is 34.7 Å². The van der Waals surface area contributed by atoms with E-state index < -0.39 is 5.60 Å². The third-order valence-electron chi connectivity index (χ3n) is 3.22. The van der Waals surface area contributed by atoms with Gasteiger partial charge in [0.05, 0.1) is 10.5 Å². The molecule has 0 aromatic heterocycles. The average Bonchev–Trinajstić information content (AvgIpc) is 2.41. The predicted molar refractivity (Wildman–Crippen MR) is 87.7 cm³/mol. The van der Waals surface area contributed by atoms with Crippen LogP contribution in [-0.2, 0) is 4.74 Å². The van der Waals surface area contributed by atoms with Crippen molar-refractivity contribution < 1.29 is 13.9 Å². The van der Waals surface area contributed by atoms with Crippen LogP contribution in [0.3, 0.4) is 0 Å². The number of ether oxygens (including phenoxy) is 1. The molecule has 1 aromatic rings. The number of hydrogen-bond acceptors (Lipinski definition) is 3. The highest BCUT2D eigenvalue weighted by molar-refractivity contribution is 9.10. The van der Waals surface area contributed by atoms with E-state index in [1.54, 1.807) is 11.0 Å². The molecule has 1 saturated heterocycles. The van der Waals surface area contributed by atoms with Gasteiger partial charge in [0.25, 0.3) is 0 Å². The number of hydrogen-bond donors (Lipinski definition) is 1. The molecule has 1 aliphatic rings. The Kier molecular flexibility index (Phi) is 5.35. The van der Waals surface area contributed by atoms with E-state index >= 15 is 0 Å². The van der Waals surface area contributed by atoms with Crippen molar-refractivity contribution in [2.24, 2.45) is 0 Å². The zero-order valence-corrected chi connectivity index (χ0v) is 15.1. The minimum absolute atomic E-state index is 0.311. The second kappa shape index (κ2) is 6.72. The summed E-state index contributed by atoms with van der Waals surface area (Å²) >= 11 is 9.15. The Bertz CT molecular complexity index is 577. The summed E-state index contributed by atoms with van der Waals surface area (Å²) in [5.41, 5.74) is -0.116. The first-order valence-electron chi connectivity index (χ1n) is 7.03. The van der Waals surface area contributed by atoms with Gasteiger partial charge in [-0.1, -0.05) is 11.6 Å². The molecule has 1 fully saturated rings. The summed E-state index contributed by atoms with van der Waals surface area (Å²) in [5, 5.41) is 3.65. The van der Waals surface area contributed by atoms with Crippen LogP contribution in [-0.4, -0.2) is 36.2 Å². The van der Waals surface area contributed by atoms with Crippen LogP contribution in [0.2, 0.25) is 5.02 Å². The molecule has 122 valence electrons. The molecular weight excluding hydrogens is 375 g/mol. The summed E-state index contributed by atoms with van der Waals surface area (Å²) in [5.74, 6) is -0.368. The molecular formula is C15H19BrClFN2O2. The zero-order valence-electron chi connectivity index (χ0n) is 12.8. The zero-order chi connectivity index (χ0) is 16.5. The maximum atomic E-state index is 14.3. The Morgan fingerprint density at radius 1 is 1.50 bits per heavy atom. The van der Waals surface area contributed by atoms with Crippen LogP contribution in [0, 0.1) is 5.82 Å². The normalized spacial score (nSPS) is 19.2. The van der Waals surface area contributed by atoms with Crippen molar-refractivity contribution >= 4 is 33.6 Å². The highest BCUT2D eigenvalue weighted by Gasteiger charge is 2.29. The SMILES string of the molecule is CC(C)(C)OC(=O)N1CCNC(c2cc(Cl)cc(Br)c2F)C1. The number of benzene rings is 1. The molecule has 4 nitrogen and oxygen atoms in total. The Labute approximate surface area is 143 Å². The molecule has 1 heterocycles. The molecule has 1 aromatic carbocycles. The maximum Gasteiger partial charge on any atom is 0.410 e. The fourth-order valence-corrected chi connectivity index (χ4v) is 3.11. The van der Waals surface area contributed by atoms with Crippen molar-refractivity contribution in [1.82, 2.24) is 10.2 Å². The van der Waals surface area contributed by atoms with Gasteiger partial charge in [0, 0.05) is 30.2 Å². The largest absolute Gasteiger partial charge is 0.444 e. The summed E-state index contributed by atoms with van der Waals surface area (Å²) < 4.78 is 20.0. The molecule has 2 rings (SSSR count). The smallest absolute Gasteiger partial charge is 0.410 e. The van der Waals surface area contributed by atoms with Gasteiger partial charge in [0.2, 0.25) is 0 Å². The molecule has 0 spiro atoms. The van der Waals surface area contributed by atoms with Crippen molar-refractivity contribution in [3.05, 3.63) is 33.0 Å². The van der Waals surface area contributed by atoms with Crippen LogP contribution in [0.4, 0.5) is 9.18 Å². The fraction of sp³-hybridized carbons (Fsp3) is 0.533. The van der Waals surface area contributed by atoms with Gasteiger partial charge in [-0.2, -0.15) is 0 Å². The van der Waals surface area contributed by atoms with Gasteiger partial charge in [0.15, 0.2) is 0 Å². The van der Waals surface area contributed by atoms with Gasteiger partial charge in [-0.15, -0.1) is 0 Å². The molecule has 1 aliphatic heterocycles. The lowest BCUT2D eigenvalue weighted by Gasteiger charge is -2.35. The summed E-state index contributed by atoms with van der Waals surface area (Å²) in [4.78, 5) is 13.7. The molecule has 22 heavy (non-hydrogen) atoms. The van der Waals surface area contributed by atoms with Crippen LogP contribution in [0.5, 0.6) is 0 Å². The number of amides is 1. The first kappa shape index (κ1) is 17.5. The molecule has 0 bridgehead atoms. The lowest BCUT2D eigenvalue weighted by Crippen LogP contribution is -2.49. The second-order valence-electron chi connectivity index (χ2n) is 6.22. The number of rotatable bonds is 1. The van der Waals surface area contributed by atoms with Gasteiger partial charge in [-0.3, -0.25) is 0 Å². The third kappa shape index (κ3) is 4.33. The van der Waals surface area contributed by atoms with Crippen molar-refractivity contribution in [3.8, 4) is 0 Å². The van der Waals surface area contributed by atoms with Gasteiger partial charge >= 0.3 is 6.09 Å². The van der Waals surface area contributed by atoms with E-state index in [1.807, 2.05) is 20.8 Å². The third-order valence-corrected chi connectivity index (χ3v) is 4.02. The number of piperazine rings is 1. The topological polar surface area (TPSA) is 41.6 Å². The van der Waals surface area contributed by atoms with E-state index in [4.69, 9.17) is 16.3 Å². The quantitative estimate of drug-likeness (QED) is 0.730. The number of carbonyl (C=O) groups is 1. The second-order valence-corrected chi connectivity index (χ2v) is 7.51.